The highest BCUT2D eigenvalue weighted by atomic mass is 16.5. The fourth-order valence-corrected chi connectivity index (χ4v) is 2.37. The van der Waals surface area contributed by atoms with E-state index in [1.165, 1.54) is 12.8 Å². The van der Waals surface area contributed by atoms with Crippen LogP contribution >= 0.6 is 0 Å². The van der Waals surface area contributed by atoms with E-state index in [4.69, 9.17) is 14.7 Å². The Balaban J connectivity index is 2.31. The van der Waals surface area contributed by atoms with Crippen molar-refractivity contribution in [1.82, 2.24) is 9.97 Å². The molecule has 118 valence electrons. The second-order valence-electron chi connectivity index (χ2n) is 6.00. The molecular formula is C16H28N4O. The van der Waals surface area contributed by atoms with E-state index in [9.17, 15) is 0 Å². The third kappa shape index (κ3) is 3.84. The van der Waals surface area contributed by atoms with Gasteiger partial charge >= 0.3 is 0 Å². The highest BCUT2D eigenvalue weighted by molar-refractivity contribution is 5.59. The summed E-state index contributed by atoms with van der Waals surface area (Å²) in [5.74, 6) is 3.55. The minimum absolute atomic E-state index is 0.287. The second kappa shape index (κ2) is 7.07. The van der Waals surface area contributed by atoms with E-state index in [1.807, 2.05) is 0 Å². The Morgan fingerprint density at radius 3 is 2.67 bits per heavy atom. The van der Waals surface area contributed by atoms with Gasteiger partial charge in [-0.3, -0.25) is 0 Å². The molecule has 1 aliphatic carbocycles. The monoisotopic (exact) mass is 292 g/mol. The Hall–Kier alpha value is -1.36. The number of ether oxygens (including phenoxy) is 1. The molecule has 1 unspecified atom stereocenters. The van der Waals surface area contributed by atoms with Crippen molar-refractivity contribution in [2.24, 2.45) is 0 Å². The number of rotatable bonds is 8. The molecule has 0 aliphatic heterocycles. The zero-order chi connectivity index (χ0) is 15.4. The van der Waals surface area contributed by atoms with Gasteiger partial charge in [-0.25, -0.2) is 9.97 Å². The number of hydrogen-bond donors (Lipinski definition) is 1. The first-order valence-corrected chi connectivity index (χ1v) is 7.92. The standard InChI is InChI=1S/C16H28N4O/c1-6-9-17-14-12(3)16(20(4)11(2)10-21-5)19-15(18-14)13-7-8-13/h11,13H,6-10H2,1-5H3,(H,17,18,19). The fourth-order valence-electron chi connectivity index (χ4n) is 2.37. The quantitative estimate of drug-likeness (QED) is 0.798. The van der Waals surface area contributed by atoms with Gasteiger partial charge in [-0.1, -0.05) is 6.92 Å². The minimum Gasteiger partial charge on any atom is -0.383 e. The largest absolute Gasteiger partial charge is 0.383 e. The van der Waals surface area contributed by atoms with E-state index in [-0.39, 0.29) is 6.04 Å². The minimum atomic E-state index is 0.287. The fraction of sp³-hybridized carbons (Fsp3) is 0.750. The SMILES string of the molecule is CCCNc1nc(C2CC2)nc(N(C)C(C)COC)c1C. The summed E-state index contributed by atoms with van der Waals surface area (Å²) < 4.78 is 5.27. The first kappa shape index (κ1) is 16.0. The summed E-state index contributed by atoms with van der Waals surface area (Å²) in [6.45, 7) is 8.05. The van der Waals surface area contributed by atoms with Crippen LogP contribution in [-0.4, -0.2) is 43.3 Å². The van der Waals surface area contributed by atoms with Crippen LogP contribution in [0.4, 0.5) is 11.6 Å². The third-order valence-electron chi connectivity index (χ3n) is 4.03. The number of methoxy groups -OCH3 is 1. The lowest BCUT2D eigenvalue weighted by Crippen LogP contribution is -2.34. The van der Waals surface area contributed by atoms with Gasteiger partial charge in [0.05, 0.1) is 12.6 Å². The normalized spacial score (nSPS) is 15.9. The lowest BCUT2D eigenvalue weighted by molar-refractivity contribution is 0.183. The van der Waals surface area contributed by atoms with Crippen LogP contribution < -0.4 is 10.2 Å². The van der Waals surface area contributed by atoms with Crippen molar-refractivity contribution >= 4 is 11.6 Å². The predicted octanol–water partition coefficient (Wildman–Crippen LogP) is 2.96. The maximum Gasteiger partial charge on any atom is 0.137 e. The van der Waals surface area contributed by atoms with Crippen molar-refractivity contribution in [3.63, 3.8) is 0 Å². The van der Waals surface area contributed by atoms with E-state index in [2.05, 4.69) is 38.0 Å². The molecule has 0 spiro atoms. The van der Waals surface area contributed by atoms with Crippen LogP contribution in [0.25, 0.3) is 0 Å². The lowest BCUT2D eigenvalue weighted by atomic mass is 10.2. The molecule has 0 radical (unpaired) electrons. The molecule has 1 aliphatic rings. The van der Waals surface area contributed by atoms with Gasteiger partial charge in [-0.2, -0.15) is 0 Å². The molecule has 1 N–H and O–H groups in total. The number of aromatic nitrogens is 2. The van der Waals surface area contributed by atoms with Gasteiger partial charge < -0.3 is 15.0 Å². The van der Waals surface area contributed by atoms with Gasteiger partial charge in [-0.15, -0.1) is 0 Å². The van der Waals surface area contributed by atoms with Gasteiger partial charge in [0.1, 0.15) is 17.5 Å². The average molecular weight is 292 g/mol. The number of likely N-dealkylation sites (N-methyl/N-ethyl adjacent to an activating group) is 1. The molecule has 2 rings (SSSR count). The summed E-state index contributed by atoms with van der Waals surface area (Å²) in [5.41, 5.74) is 1.12. The average Bonchev–Trinajstić information content (AvgIpc) is 3.30. The molecule has 0 aromatic carbocycles. The maximum atomic E-state index is 5.27. The van der Waals surface area contributed by atoms with Crippen molar-refractivity contribution in [2.45, 2.75) is 52.0 Å². The van der Waals surface area contributed by atoms with Crippen LogP contribution in [0.2, 0.25) is 0 Å². The summed E-state index contributed by atoms with van der Waals surface area (Å²) in [7, 11) is 3.82. The molecule has 5 heteroatoms. The summed E-state index contributed by atoms with van der Waals surface area (Å²) in [6.07, 6.45) is 3.52. The highest BCUT2D eigenvalue weighted by Crippen LogP contribution is 2.40. The molecule has 0 bridgehead atoms. The van der Waals surface area contributed by atoms with Gasteiger partial charge in [0, 0.05) is 32.2 Å². The van der Waals surface area contributed by atoms with E-state index < -0.39 is 0 Å². The first-order chi connectivity index (χ1) is 10.1. The summed E-state index contributed by atoms with van der Waals surface area (Å²) in [6, 6.07) is 0.287. The van der Waals surface area contributed by atoms with Crippen LogP contribution in [0.3, 0.4) is 0 Å². The predicted molar refractivity (Wildman–Crippen MR) is 87.3 cm³/mol. The maximum absolute atomic E-state index is 5.27. The van der Waals surface area contributed by atoms with Crippen LogP contribution in [0, 0.1) is 6.92 Å². The van der Waals surface area contributed by atoms with Gasteiger partial charge in [0.15, 0.2) is 0 Å². The van der Waals surface area contributed by atoms with Crippen molar-refractivity contribution in [3.05, 3.63) is 11.4 Å². The smallest absolute Gasteiger partial charge is 0.137 e. The van der Waals surface area contributed by atoms with Crippen molar-refractivity contribution in [1.29, 1.82) is 0 Å². The summed E-state index contributed by atoms with van der Waals surface area (Å²) in [5, 5.41) is 3.44. The molecule has 1 atom stereocenters. The van der Waals surface area contributed by atoms with Crippen LogP contribution in [0.5, 0.6) is 0 Å². The molecule has 1 fully saturated rings. The lowest BCUT2D eigenvalue weighted by Gasteiger charge is -2.28. The molecule has 21 heavy (non-hydrogen) atoms. The molecule has 5 nitrogen and oxygen atoms in total. The number of anilines is 2. The molecule has 1 saturated carbocycles. The zero-order valence-corrected chi connectivity index (χ0v) is 13.9. The Kier molecular flexibility index (Phi) is 5.39. The van der Waals surface area contributed by atoms with Crippen molar-refractivity contribution in [3.8, 4) is 0 Å². The number of hydrogen-bond acceptors (Lipinski definition) is 5. The summed E-state index contributed by atoms with van der Waals surface area (Å²) >= 11 is 0. The summed E-state index contributed by atoms with van der Waals surface area (Å²) in [4.78, 5) is 11.8. The van der Waals surface area contributed by atoms with Gasteiger partial charge in [0.2, 0.25) is 0 Å². The van der Waals surface area contributed by atoms with Crippen LogP contribution in [-0.2, 0) is 4.74 Å². The van der Waals surface area contributed by atoms with E-state index in [0.29, 0.717) is 12.5 Å². The Bertz CT molecular complexity index is 474. The van der Waals surface area contributed by atoms with Crippen molar-refractivity contribution in [2.75, 3.05) is 37.5 Å². The number of nitrogens with zero attached hydrogens (tertiary/aromatic N) is 3. The molecule has 0 saturated heterocycles. The van der Waals surface area contributed by atoms with Gasteiger partial charge in [0.25, 0.3) is 0 Å². The second-order valence-corrected chi connectivity index (χ2v) is 6.00. The third-order valence-corrected chi connectivity index (χ3v) is 4.03. The van der Waals surface area contributed by atoms with Gasteiger partial charge in [-0.05, 0) is 33.1 Å². The Morgan fingerprint density at radius 1 is 1.38 bits per heavy atom. The van der Waals surface area contributed by atoms with Crippen molar-refractivity contribution < 1.29 is 4.74 Å². The van der Waals surface area contributed by atoms with Crippen LogP contribution in [0.1, 0.15) is 50.4 Å². The van der Waals surface area contributed by atoms with E-state index >= 15 is 0 Å². The zero-order valence-electron chi connectivity index (χ0n) is 13.9. The molecule has 0 amide bonds. The molecule has 1 aromatic rings. The van der Waals surface area contributed by atoms with E-state index in [1.54, 1.807) is 7.11 Å². The Labute approximate surface area is 128 Å². The topological polar surface area (TPSA) is 50.3 Å². The van der Waals surface area contributed by atoms with Crippen LogP contribution in [0.15, 0.2) is 0 Å². The molecular weight excluding hydrogens is 264 g/mol. The first-order valence-electron chi connectivity index (χ1n) is 7.92. The van der Waals surface area contributed by atoms with E-state index in [0.717, 1.165) is 36.0 Å². The highest BCUT2D eigenvalue weighted by Gasteiger charge is 2.29. The Morgan fingerprint density at radius 2 is 2.10 bits per heavy atom. The molecule has 1 aromatic heterocycles. The number of nitrogens with one attached hydrogen (secondary N) is 1. The molecule has 1 heterocycles.